The summed E-state index contributed by atoms with van der Waals surface area (Å²) < 4.78 is 28.2. The normalized spacial score (nSPS) is 10.8. The van der Waals surface area contributed by atoms with Crippen LogP contribution < -0.4 is 29.1 Å². The molecule has 0 radical (unpaired) electrons. The average molecular weight is 592 g/mol. The summed E-state index contributed by atoms with van der Waals surface area (Å²) in [5.74, 6) is 1.88. The van der Waals surface area contributed by atoms with Gasteiger partial charge >= 0.3 is 5.97 Å². The lowest BCUT2D eigenvalue weighted by molar-refractivity contribution is -0.132. The van der Waals surface area contributed by atoms with Gasteiger partial charge in [0.05, 0.1) is 40.4 Å². The number of nitrogens with zero attached hydrogens (tertiary/aromatic N) is 4. The molecular formula is C29H29N5O7S. The SMILES string of the molecule is COc1ccc(-c2nnc(SCC(=O)N/N=C\c3cc(OC)c(OC(C)=O)c(OC)c3)n2-c2ccc(OC)cc2)cc1. The maximum atomic E-state index is 12.7. The Bertz CT molecular complexity index is 1550. The molecule has 0 saturated heterocycles. The molecule has 0 fully saturated rings. The number of nitrogens with one attached hydrogen (secondary N) is 1. The molecule has 42 heavy (non-hydrogen) atoms. The van der Waals surface area contributed by atoms with Crippen molar-refractivity contribution in [3.8, 4) is 45.8 Å². The molecule has 1 heterocycles. The number of hydrogen-bond donors (Lipinski definition) is 1. The summed E-state index contributed by atoms with van der Waals surface area (Å²) >= 11 is 1.21. The lowest BCUT2D eigenvalue weighted by Gasteiger charge is -2.13. The molecule has 4 rings (SSSR count). The highest BCUT2D eigenvalue weighted by molar-refractivity contribution is 7.99. The number of methoxy groups -OCH3 is 4. The number of benzene rings is 3. The topological polar surface area (TPSA) is 135 Å². The van der Waals surface area contributed by atoms with Crippen LogP contribution in [0.15, 0.2) is 70.9 Å². The molecule has 0 aliphatic carbocycles. The van der Waals surface area contributed by atoms with Crippen molar-refractivity contribution in [2.75, 3.05) is 34.2 Å². The number of ether oxygens (including phenoxy) is 5. The summed E-state index contributed by atoms with van der Waals surface area (Å²) in [6.07, 6.45) is 1.42. The number of carbonyl (C=O) groups excluding carboxylic acids is 2. The van der Waals surface area contributed by atoms with Crippen LogP contribution in [-0.4, -0.2) is 67.0 Å². The van der Waals surface area contributed by atoms with Gasteiger partial charge in [0, 0.05) is 23.7 Å². The van der Waals surface area contributed by atoms with Crippen molar-refractivity contribution in [3.63, 3.8) is 0 Å². The monoisotopic (exact) mass is 591 g/mol. The standard InChI is InChI=1S/C29H29N5O7S/c1-18(35)41-27-24(39-4)14-19(15-25(27)40-5)16-30-31-26(36)17-42-29-33-32-28(20-6-10-22(37-2)11-7-20)34(29)21-8-12-23(38-3)13-9-21/h6-16H,17H2,1-5H3,(H,31,36)/b30-16-. The van der Waals surface area contributed by atoms with Gasteiger partial charge in [-0.05, 0) is 60.7 Å². The molecule has 0 saturated carbocycles. The summed E-state index contributed by atoms with van der Waals surface area (Å²) in [5.41, 5.74) is 4.68. The van der Waals surface area contributed by atoms with E-state index in [9.17, 15) is 9.59 Å². The van der Waals surface area contributed by atoms with Gasteiger partial charge in [0.15, 0.2) is 22.5 Å². The molecule has 12 nitrogen and oxygen atoms in total. The van der Waals surface area contributed by atoms with Gasteiger partial charge in [-0.15, -0.1) is 10.2 Å². The first-order valence-corrected chi connectivity index (χ1v) is 13.5. The van der Waals surface area contributed by atoms with Gasteiger partial charge in [-0.3, -0.25) is 14.2 Å². The van der Waals surface area contributed by atoms with E-state index in [1.54, 1.807) is 26.4 Å². The number of esters is 1. The van der Waals surface area contributed by atoms with Crippen molar-refractivity contribution in [1.82, 2.24) is 20.2 Å². The van der Waals surface area contributed by atoms with Crippen LogP contribution in [0.25, 0.3) is 17.1 Å². The second kappa shape index (κ2) is 14.0. The minimum atomic E-state index is -0.517. The van der Waals surface area contributed by atoms with E-state index >= 15 is 0 Å². The Morgan fingerprint density at radius 2 is 1.48 bits per heavy atom. The van der Waals surface area contributed by atoms with Crippen molar-refractivity contribution in [3.05, 3.63) is 66.2 Å². The molecule has 4 aromatic rings. The van der Waals surface area contributed by atoms with E-state index in [1.165, 1.54) is 39.1 Å². The zero-order valence-electron chi connectivity index (χ0n) is 23.6. The molecule has 0 aliphatic heterocycles. The third-order valence-corrected chi connectivity index (χ3v) is 6.71. The molecular weight excluding hydrogens is 562 g/mol. The van der Waals surface area contributed by atoms with Crippen LogP contribution in [-0.2, 0) is 9.59 Å². The van der Waals surface area contributed by atoms with E-state index in [-0.39, 0.29) is 28.9 Å². The van der Waals surface area contributed by atoms with E-state index in [4.69, 9.17) is 23.7 Å². The summed E-state index contributed by atoms with van der Waals surface area (Å²) in [6, 6.07) is 18.1. The van der Waals surface area contributed by atoms with E-state index in [0.717, 1.165) is 17.0 Å². The van der Waals surface area contributed by atoms with E-state index in [0.29, 0.717) is 22.3 Å². The van der Waals surface area contributed by atoms with E-state index < -0.39 is 5.97 Å². The largest absolute Gasteiger partial charge is 0.497 e. The Kier molecular flexibility index (Phi) is 10.0. The fourth-order valence-corrected chi connectivity index (χ4v) is 4.56. The second-order valence-electron chi connectivity index (χ2n) is 8.50. The highest BCUT2D eigenvalue weighted by Crippen LogP contribution is 2.38. The van der Waals surface area contributed by atoms with Crippen LogP contribution in [0.4, 0.5) is 0 Å². The van der Waals surface area contributed by atoms with Crippen molar-refractivity contribution in [2.24, 2.45) is 5.10 Å². The first kappa shape index (κ1) is 29.9. The summed E-state index contributed by atoms with van der Waals surface area (Å²) in [6.45, 7) is 1.28. The van der Waals surface area contributed by atoms with Crippen molar-refractivity contribution in [1.29, 1.82) is 0 Å². The lowest BCUT2D eigenvalue weighted by Crippen LogP contribution is -2.20. The second-order valence-corrected chi connectivity index (χ2v) is 9.44. The molecule has 0 unspecified atom stereocenters. The van der Waals surface area contributed by atoms with Crippen LogP contribution in [0.3, 0.4) is 0 Å². The molecule has 3 aromatic carbocycles. The fourth-order valence-electron chi connectivity index (χ4n) is 3.81. The minimum Gasteiger partial charge on any atom is -0.497 e. The van der Waals surface area contributed by atoms with Gasteiger partial charge < -0.3 is 23.7 Å². The molecule has 0 atom stereocenters. The first-order chi connectivity index (χ1) is 20.4. The first-order valence-electron chi connectivity index (χ1n) is 12.5. The Morgan fingerprint density at radius 1 is 0.881 bits per heavy atom. The van der Waals surface area contributed by atoms with Crippen molar-refractivity contribution < 1.29 is 33.3 Å². The smallest absolute Gasteiger partial charge is 0.308 e. The van der Waals surface area contributed by atoms with Gasteiger partial charge in [-0.2, -0.15) is 5.10 Å². The predicted octanol–water partition coefficient (Wildman–Crippen LogP) is 4.14. The maximum absolute atomic E-state index is 12.7. The van der Waals surface area contributed by atoms with Crippen LogP contribution in [0.5, 0.6) is 28.7 Å². The van der Waals surface area contributed by atoms with Gasteiger partial charge in [0.1, 0.15) is 11.5 Å². The number of amides is 1. The Balaban J connectivity index is 1.50. The van der Waals surface area contributed by atoms with Crippen LogP contribution in [0.2, 0.25) is 0 Å². The quantitative estimate of drug-likeness (QED) is 0.0842. The highest BCUT2D eigenvalue weighted by Gasteiger charge is 2.18. The summed E-state index contributed by atoms with van der Waals surface area (Å²) in [5, 5.41) is 13.3. The Morgan fingerprint density at radius 3 is 2.02 bits per heavy atom. The van der Waals surface area contributed by atoms with Gasteiger partial charge in [0.2, 0.25) is 5.75 Å². The lowest BCUT2D eigenvalue weighted by atomic mass is 10.2. The molecule has 218 valence electrons. The molecule has 0 spiro atoms. The minimum absolute atomic E-state index is 0.0201. The van der Waals surface area contributed by atoms with Gasteiger partial charge in [-0.25, -0.2) is 5.43 Å². The zero-order chi connectivity index (χ0) is 30.1. The van der Waals surface area contributed by atoms with Crippen LogP contribution in [0, 0.1) is 0 Å². The highest BCUT2D eigenvalue weighted by atomic mass is 32.2. The number of aromatic nitrogens is 3. The molecule has 1 N–H and O–H groups in total. The summed E-state index contributed by atoms with van der Waals surface area (Å²) in [7, 11) is 6.08. The third kappa shape index (κ3) is 7.18. The number of carbonyl (C=O) groups is 2. The Hall–Kier alpha value is -5.04. The predicted molar refractivity (Wildman–Crippen MR) is 157 cm³/mol. The molecule has 0 aliphatic rings. The van der Waals surface area contributed by atoms with Crippen LogP contribution >= 0.6 is 11.8 Å². The van der Waals surface area contributed by atoms with Gasteiger partial charge in [-0.1, -0.05) is 11.8 Å². The third-order valence-electron chi connectivity index (χ3n) is 5.78. The molecule has 1 amide bonds. The van der Waals surface area contributed by atoms with Gasteiger partial charge in [0.25, 0.3) is 5.91 Å². The van der Waals surface area contributed by atoms with E-state index in [1.807, 2.05) is 53.1 Å². The fraction of sp³-hybridized carbons (Fsp3) is 0.207. The summed E-state index contributed by atoms with van der Waals surface area (Å²) in [4.78, 5) is 24.1. The van der Waals surface area contributed by atoms with Crippen LogP contribution in [0.1, 0.15) is 12.5 Å². The van der Waals surface area contributed by atoms with E-state index in [2.05, 4.69) is 20.7 Å². The Labute approximate surface area is 246 Å². The average Bonchev–Trinajstić information content (AvgIpc) is 3.44. The molecule has 1 aromatic heterocycles. The molecule has 13 heteroatoms. The van der Waals surface area contributed by atoms with Crippen molar-refractivity contribution in [2.45, 2.75) is 12.1 Å². The number of hydrogen-bond acceptors (Lipinski definition) is 11. The number of hydrazone groups is 1. The zero-order valence-corrected chi connectivity index (χ0v) is 24.4. The number of thioether (sulfide) groups is 1. The molecule has 0 bridgehead atoms. The number of rotatable bonds is 12. The van der Waals surface area contributed by atoms with Crippen molar-refractivity contribution >= 4 is 29.9 Å². The maximum Gasteiger partial charge on any atom is 0.308 e.